The summed E-state index contributed by atoms with van der Waals surface area (Å²) in [6.45, 7) is 4.85. The zero-order valence-electron chi connectivity index (χ0n) is 15.2. The Morgan fingerprint density at radius 3 is 2.78 bits per heavy atom. The fourth-order valence-electron chi connectivity index (χ4n) is 3.19. The third-order valence-electron chi connectivity index (χ3n) is 4.48. The van der Waals surface area contributed by atoms with Gasteiger partial charge in [0, 0.05) is 31.5 Å². The second-order valence-electron chi connectivity index (χ2n) is 7.06. The van der Waals surface area contributed by atoms with Crippen LogP contribution in [-0.4, -0.2) is 40.9 Å². The molecular weight excluding hydrogens is 388 g/mol. The number of nitro groups is 1. The lowest BCUT2D eigenvalue weighted by Gasteiger charge is -2.30. The Bertz CT molecular complexity index is 927. The summed E-state index contributed by atoms with van der Waals surface area (Å²) in [5, 5.41) is 21.5. The van der Waals surface area contributed by atoms with Crippen molar-refractivity contribution in [2.45, 2.75) is 43.9 Å². The molecule has 1 fully saturated rings. The van der Waals surface area contributed by atoms with Crippen LogP contribution in [0, 0.1) is 16.0 Å². The molecule has 3 rings (SSSR count). The summed E-state index contributed by atoms with van der Waals surface area (Å²) in [7, 11) is -3.94. The van der Waals surface area contributed by atoms with Gasteiger partial charge in [-0.25, -0.2) is 8.42 Å². The van der Waals surface area contributed by atoms with Gasteiger partial charge in [0.25, 0.3) is 5.69 Å². The molecule has 1 unspecified atom stereocenters. The smallest absolute Gasteiger partial charge is 0.258 e. The monoisotopic (exact) mass is 410 g/mol. The van der Waals surface area contributed by atoms with Crippen molar-refractivity contribution in [3.63, 3.8) is 0 Å². The minimum absolute atomic E-state index is 0.0327. The molecular formula is C17H22N4O4S2. The summed E-state index contributed by atoms with van der Waals surface area (Å²) >= 11 is 1.53. The van der Waals surface area contributed by atoms with Gasteiger partial charge in [0.05, 0.1) is 4.92 Å². The molecule has 8 nitrogen and oxygen atoms in total. The molecule has 0 saturated carbocycles. The van der Waals surface area contributed by atoms with E-state index >= 15 is 0 Å². The van der Waals surface area contributed by atoms with E-state index in [9.17, 15) is 18.5 Å². The molecule has 1 aromatic heterocycles. The topological polar surface area (TPSA) is 106 Å². The molecule has 2 aromatic rings. The lowest BCUT2D eigenvalue weighted by Crippen LogP contribution is -2.39. The molecule has 0 amide bonds. The zero-order valence-corrected chi connectivity index (χ0v) is 16.9. The van der Waals surface area contributed by atoms with Crippen LogP contribution in [0.3, 0.4) is 0 Å². The van der Waals surface area contributed by atoms with Crippen molar-refractivity contribution in [1.82, 2.24) is 14.5 Å². The number of benzene rings is 1. The van der Waals surface area contributed by atoms with Gasteiger partial charge in [-0.3, -0.25) is 10.1 Å². The minimum atomic E-state index is -3.94. The van der Waals surface area contributed by atoms with Crippen molar-refractivity contribution in [1.29, 1.82) is 0 Å². The maximum Gasteiger partial charge on any atom is 0.289 e. The number of rotatable bonds is 6. The number of piperidine rings is 1. The Hall–Kier alpha value is -1.91. The highest BCUT2D eigenvalue weighted by Gasteiger charge is 2.35. The number of para-hydroxylation sites is 1. The average Bonchev–Trinajstić information content (AvgIpc) is 3.09. The molecule has 0 aliphatic carbocycles. The molecule has 146 valence electrons. The first-order valence-electron chi connectivity index (χ1n) is 8.85. The van der Waals surface area contributed by atoms with E-state index in [-0.39, 0.29) is 17.4 Å². The van der Waals surface area contributed by atoms with Crippen molar-refractivity contribution >= 4 is 27.0 Å². The fraction of sp³-hybridized carbons (Fsp3) is 0.529. The Morgan fingerprint density at radius 2 is 2.07 bits per heavy atom. The van der Waals surface area contributed by atoms with Crippen molar-refractivity contribution in [2.24, 2.45) is 5.92 Å². The SMILES string of the molecule is CC(C)Cc1nnc(C2CCCN(S(=O)(=O)c3ccccc3[N+](=O)[O-])C2)s1. The van der Waals surface area contributed by atoms with Gasteiger partial charge >= 0.3 is 0 Å². The van der Waals surface area contributed by atoms with Gasteiger partial charge in [-0.15, -0.1) is 21.5 Å². The largest absolute Gasteiger partial charge is 0.289 e. The van der Waals surface area contributed by atoms with Gasteiger partial charge in [-0.1, -0.05) is 26.0 Å². The number of nitro benzene ring substituents is 1. The summed E-state index contributed by atoms with van der Waals surface area (Å²) in [6, 6.07) is 5.48. The molecule has 1 aromatic carbocycles. The zero-order chi connectivity index (χ0) is 19.6. The molecule has 1 saturated heterocycles. The summed E-state index contributed by atoms with van der Waals surface area (Å²) < 4.78 is 27.4. The van der Waals surface area contributed by atoms with E-state index in [0.717, 1.165) is 22.9 Å². The van der Waals surface area contributed by atoms with Crippen LogP contribution in [0.2, 0.25) is 0 Å². The van der Waals surface area contributed by atoms with E-state index in [0.29, 0.717) is 18.9 Å². The van der Waals surface area contributed by atoms with E-state index < -0.39 is 20.6 Å². The van der Waals surface area contributed by atoms with Gasteiger partial charge < -0.3 is 0 Å². The molecule has 1 atom stereocenters. The number of nitrogens with zero attached hydrogens (tertiary/aromatic N) is 4. The van der Waals surface area contributed by atoms with E-state index in [1.165, 1.54) is 39.9 Å². The molecule has 0 spiro atoms. The molecule has 1 aliphatic rings. The normalized spacial score (nSPS) is 18.7. The van der Waals surface area contributed by atoms with Crippen LogP contribution in [0.4, 0.5) is 5.69 Å². The fourth-order valence-corrected chi connectivity index (χ4v) is 6.05. The van der Waals surface area contributed by atoms with Crippen LogP contribution >= 0.6 is 11.3 Å². The van der Waals surface area contributed by atoms with Crippen LogP contribution in [-0.2, 0) is 16.4 Å². The van der Waals surface area contributed by atoms with E-state index in [1.54, 1.807) is 0 Å². The predicted molar refractivity (Wildman–Crippen MR) is 102 cm³/mol. The maximum atomic E-state index is 13.0. The molecule has 1 aliphatic heterocycles. The highest BCUT2D eigenvalue weighted by atomic mass is 32.2. The van der Waals surface area contributed by atoms with Crippen LogP contribution < -0.4 is 0 Å². The average molecular weight is 411 g/mol. The van der Waals surface area contributed by atoms with Gasteiger partial charge in [0.1, 0.15) is 10.0 Å². The number of aromatic nitrogens is 2. The first-order valence-corrected chi connectivity index (χ1v) is 11.1. The summed E-state index contributed by atoms with van der Waals surface area (Å²) in [5.74, 6) is 0.447. The van der Waals surface area contributed by atoms with E-state index in [2.05, 4.69) is 24.0 Å². The summed E-state index contributed by atoms with van der Waals surface area (Å²) in [4.78, 5) is 10.3. The third-order valence-corrected chi connectivity index (χ3v) is 7.50. The number of hydrogen-bond donors (Lipinski definition) is 0. The van der Waals surface area contributed by atoms with Crippen LogP contribution in [0.1, 0.15) is 42.6 Å². The third kappa shape index (κ3) is 4.33. The van der Waals surface area contributed by atoms with Crippen LogP contribution in [0.15, 0.2) is 29.2 Å². The minimum Gasteiger partial charge on any atom is -0.258 e. The number of sulfonamides is 1. The Kier molecular flexibility index (Phi) is 5.87. The predicted octanol–water partition coefficient (Wildman–Crippen LogP) is 3.21. The second-order valence-corrected chi connectivity index (χ2v) is 10.1. The van der Waals surface area contributed by atoms with Crippen molar-refractivity contribution < 1.29 is 13.3 Å². The summed E-state index contributed by atoms with van der Waals surface area (Å²) in [5.41, 5.74) is -0.394. The van der Waals surface area contributed by atoms with Crippen molar-refractivity contribution in [3.8, 4) is 0 Å². The Labute approximate surface area is 162 Å². The van der Waals surface area contributed by atoms with Crippen LogP contribution in [0.5, 0.6) is 0 Å². The first-order chi connectivity index (χ1) is 12.8. The quantitative estimate of drug-likeness (QED) is 0.535. The van der Waals surface area contributed by atoms with E-state index in [1.807, 2.05) is 0 Å². The van der Waals surface area contributed by atoms with Gasteiger partial charge in [0.2, 0.25) is 10.0 Å². The second kappa shape index (κ2) is 7.99. The van der Waals surface area contributed by atoms with Crippen molar-refractivity contribution in [2.75, 3.05) is 13.1 Å². The Morgan fingerprint density at radius 1 is 1.33 bits per heavy atom. The lowest BCUT2D eigenvalue weighted by molar-refractivity contribution is -0.387. The lowest BCUT2D eigenvalue weighted by atomic mass is 10.0. The summed E-state index contributed by atoms with van der Waals surface area (Å²) in [6.07, 6.45) is 2.37. The maximum absolute atomic E-state index is 13.0. The van der Waals surface area contributed by atoms with Gasteiger partial charge in [-0.2, -0.15) is 4.31 Å². The molecule has 0 bridgehead atoms. The standard InChI is InChI=1S/C17H22N4O4S2/c1-12(2)10-16-18-19-17(26-16)13-6-5-9-20(11-13)27(24,25)15-8-4-3-7-14(15)21(22)23/h3-4,7-8,12-13H,5-6,9-11H2,1-2H3. The van der Waals surface area contributed by atoms with E-state index in [4.69, 9.17) is 0 Å². The van der Waals surface area contributed by atoms with Gasteiger partial charge in [0.15, 0.2) is 4.90 Å². The molecule has 0 radical (unpaired) electrons. The molecule has 10 heteroatoms. The van der Waals surface area contributed by atoms with Crippen LogP contribution in [0.25, 0.3) is 0 Å². The molecule has 0 N–H and O–H groups in total. The Balaban J connectivity index is 1.83. The molecule has 2 heterocycles. The highest BCUT2D eigenvalue weighted by molar-refractivity contribution is 7.89. The van der Waals surface area contributed by atoms with Gasteiger partial charge in [-0.05, 0) is 24.8 Å². The van der Waals surface area contributed by atoms with Crippen molar-refractivity contribution in [3.05, 3.63) is 44.4 Å². The number of hydrogen-bond acceptors (Lipinski definition) is 7. The molecule has 27 heavy (non-hydrogen) atoms. The highest BCUT2D eigenvalue weighted by Crippen LogP contribution is 2.34. The first kappa shape index (κ1) is 19.8.